The molecule has 0 atom stereocenters. The molecular formula is C6H12O2Si. The maximum Gasteiger partial charge on any atom is 0.305 e. The highest BCUT2D eigenvalue weighted by atomic mass is 28.2. The molecule has 0 rings (SSSR count). The van der Waals surface area contributed by atoms with Gasteiger partial charge in [-0.1, -0.05) is 6.92 Å². The Kier molecular flexibility index (Phi) is 5.21. The predicted octanol–water partition coefficient (Wildman–Crippen LogP) is 0.209. The van der Waals surface area contributed by atoms with Gasteiger partial charge in [0, 0.05) is 6.42 Å². The molecule has 0 fully saturated rings. The number of hydrogen-bond donors (Lipinski definition) is 0. The fourth-order valence-electron chi connectivity index (χ4n) is 0.358. The van der Waals surface area contributed by atoms with E-state index in [0.29, 0.717) is 12.7 Å². The summed E-state index contributed by atoms with van der Waals surface area (Å²) in [5.41, 5.74) is 1.86. The summed E-state index contributed by atoms with van der Waals surface area (Å²) in [7, 11) is -0.310. The Bertz CT molecular complexity index is 101. The third-order valence-electron chi connectivity index (χ3n) is 0.874. The summed E-state index contributed by atoms with van der Waals surface area (Å²) < 4.78 is 4.78. The predicted molar refractivity (Wildman–Crippen MR) is 40.0 cm³/mol. The number of rotatable bonds is 4. The van der Waals surface area contributed by atoms with E-state index in [1.807, 2.05) is 5.70 Å². The van der Waals surface area contributed by atoms with Crippen molar-refractivity contribution in [2.75, 3.05) is 6.23 Å². The minimum atomic E-state index is -0.310. The van der Waals surface area contributed by atoms with Crippen LogP contribution in [0.3, 0.4) is 0 Å². The lowest BCUT2D eigenvalue weighted by Crippen LogP contribution is -2.07. The lowest BCUT2D eigenvalue weighted by molar-refractivity contribution is -0.141. The largest absolute Gasteiger partial charge is 0.470 e. The summed E-state index contributed by atoms with van der Waals surface area (Å²) in [6.45, 7) is 5.34. The summed E-state index contributed by atoms with van der Waals surface area (Å²) in [6, 6.07) is 0. The molecule has 0 aromatic rings. The van der Waals surface area contributed by atoms with Crippen molar-refractivity contribution in [2.24, 2.45) is 0 Å². The quantitative estimate of drug-likeness (QED) is 0.320. The SMILES string of the molecule is C=C[SiH2]COC(=O)CC. The van der Waals surface area contributed by atoms with Crippen LogP contribution in [0.5, 0.6) is 0 Å². The number of carbonyl (C=O) groups excluding carboxylic acids is 1. The molecule has 9 heavy (non-hydrogen) atoms. The Morgan fingerprint density at radius 3 is 3.00 bits per heavy atom. The van der Waals surface area contributed by atoms with E-state index in [2.05, 4.69) is 6.58 Å². The standard InChI is InChI=1S/C6H12O2Si/c1-3-6(7)8-5-9-4-2/h4H,2-3,5,9H2,1H3. The van der Waals surface area contributed by atoms with Gasteiger partial charge in [0.2, 0.25) is 0 Å². The van der Waals surface area contributed by atoms with E-state index in [-0.39, 0.29) is 15.5 Å². The van der Waals surface area contributed by atoms with E-state index < -0.39 is 0 Å². The van der Waals surface area contributed by atoms with Crippen LogP contribution in [0.4, 0.5) is 0 Å². The molecule has 0 saturated heterocycles. The van der Waals surface area contributed by atoms with Crippen molar-refractivity contribution >= 4 is 15.5 Å². The zero-order valence-electron chi connectivity index (χ0n) is 5.72. The molecule has 0 aromatic heterocycles. The number of ether oxygens (including phenoxy) is 1. The van der Waals surface area contributed by atoms with E-state index in [1.165, 1.54) is 0 Å². The first-order valence-corrected chi connectivity index (χ1v) is 4.89. The molecule has 0 spiro atoms. The van der Waals surface area contributed by atoms with Crippen molar-refractivity contribution in [2.45, 2.75) is 13.3 Å². The topological polar surface area (TPSA) is 26.3 Å². The van der Waals surface area contributed by atoms with Gasteiger partial charge in [-0.15, -0.1) is 12.3 Å². The molecule has 0 radical (unpaired) electrons. The van der Waals surface area contributed by atoms with E-state index >= 15 is 0 Å². The van der Waals surface area contributed by atoms with Gasteiger partial charge in [0.25, 0.3) is 0 Å². The molecular weight excluding hydrogens is 132 g/mol. The van der Waals surface area contributed by atoms with Crippen molar-refractivity contribution in [1.29, 1.82) is 0 Å². The van der Waals surface area contributed by atoms with Gasteiger partial charge in [0.05, 0.1) is 15.7 Å². The first-order chi connectivity index (χ1) is 4.31. The van der Waals surface area contributed by atoms with E-state index in [4.69, 9.17) is 4.74 Å². The van der Waals surface area contributed by atoms with Gasteiger partial charge in [-0.2, -0.15) is 0 Å². The van der Waals surface area contributed by atoms with Gasteiger partial charge in [-0.05, 0) is 0 Å². The highest BCUT2D eigenvalue weighted by Gasteiger charge is 1.94. The fraction of sp³-hybridized carbons (Fsp3) is 0.500. The summed E-state index contributed by atoms with van der Waals surface area (Å²) >= 11 is 0. The lowest BCUT2D eigenvalue weighted by Gasteiger charge is -1.97. The molecule has 0 aliphatic carbocycles. The van der Waals surface area contributed by atoms with Crippen LogP contribution in [0.15, 0.2) is 12.3 Å². The third kappa shape index (κ3) is 5.30. The van der Waals surface area contributed by atoms with Crippen LogP contribution < -0.4 is 0 Å². The van der Waals surface area contributed by atoms with Crippen molar-refractivity contribution in [1.82, 2.24) is 0 Å². The molecule has 0 aliphatic heterocycles. The summed E-state index contributed by atoms with van der Waals surface area (Å²) in [6.07, 6.45) is 1.09. The van der Waals surface area contributed by atoms with Gasteiger partial charge in [0.1, 0.15) is 0 Å². The molecule has 3 heteroatoms. The minimum Gasteiger partial charge on any atom is -0.470 e. The summed E-state index contributed by atoms with van der Waals surface area (Å²) in [4.78, 5) is 10.5. The van der Waals surface area contributed by atoms with Gasteiger partial charge in [-0.25, -0.2) is 0 Å². The molecule has 0 aromatic carbocycles. The van der Waals surface area contributed by atoms with Crippen LogP contribution >= 0.6 is 0 Å². The highest BCUT2D eigenvalue weighted by Crippen LogP contribution is 1.81. The minimum absolute atomic E-state index is 0.107. The normalized spacial score (nSPS) is 9.89. The molecule has 0 unspecified atom stereocenters. The van der Waals surface area contributed by atoms with Crippen LogP contribution in [0.25, 0.3) is 0 Å². The van der Waals surface area contributed by atoms with E-state index in [1.54, 1.807) is 6.92 Å². The second-order valence-corrected chi connectivity index (χ2v) is 3.21. The Balaban J connectivity index is 3.06. The molecule has 2 nitrogen and oxygen atoms in total. The third-order valence-corrected chi connectivity index (χ3v) is 1.72. The maximum atomic E-state index is 10.5. The fourth-order valence-corrected chi connectivity index (χ4v) is 0.870. The molecule has 0 heterocycles. The Morgan fingerprint density at radius 1 is 1.89 bits per heavy atom. The average Bonchev–Trinajstić information content (AvgIpc) is 1.89. The Hall–Kier alpha value is -0.573. The molecule has 0 amide bonds. The second kappa shape index (κ2) is 5.56. The first-order valence-electron chi connectivity index (χ1n) is 3.07. The van der Waals surface area contributed by atoms with Crippen LogP contribution in [0, 0.1) is 0 Å². The lowest BCUT2D eigenvalue weighted by atomic mass is 10.5. The summed E-state index contributed by atoms with van der Waals surface area (Å²) in [5.74, 6) is -0.107. The van der Waals surface area contributed by atoms with Crippen molar-refractivity contribution in [3.63, 3.8) is 0 Å². The van der Waals surface area contributed by atoms with Crippen molar-refractivity contribution < 1.29 is 9.53 Å². The number of carbonyl (C=O) groups is 1. The monoisotopic (exact) mass is 144 g/mol. The second-order valence-electron chi connectivity index (χ2n) is 1.65. The molecule has 0 N–H and O–H groups in total. The molecule has 0 aliphatic rings. The maximum absolute atomic E-state index is 10.5. The number of hydrogen-bond acceptors (Lipinski definition) is 2. The average molecular weight is 144 g/mol. The Labute approximate surface area is 57.7 Å². The zero-order valence-corrected chi connectivity index (χ0v) is 7.14. The van der Waals surface area contributed by atoms with Crippen molar-refractivity contribution in [3.8, 4) is 0 Å². The van der Waals surface area contributed by atoms with Gasteiger partial charge < -0.3 is 4.74 Å². The highest BCUT2D eigenvalue weighted by molar-refractivity contribution is 6.41. The van der Waals surface area contributed by atoms with Crippen LogP contribution in [-0.2, 0) is 9.53 Å². The van der Waals surface area contributed by atoms with E-state index in [0.717, 1.165) is 0 Å². The van der Waals surface area contributed by atoms with Crippen molar-refractivity contribution in [3.05, 3.63) is 12.3 Å². The Morgan fingerprint density at radius 2 is 2.56 bits per heavy atom. The smallest absolute Gasteiger partial charge is 0.305 e. The first kappa shape index (κ1) is 8.43. The summed E-state index contributed by atoms with van der Waals surface area (Å²) in [5, 5.41) is 0. The molecule has 0 saturated carbocycles. The molecule has 52 valence electrons. The zero-order chi connectivity index (χ0) is 7.11. The van der Waals surface area contributed by atoms with Gasteiger partial charge >= 0.3 is 5.97 Å². The van der Waals surface area contributed by atoms with Crippen LogP contribution in [0.2, 0.25) is 0 Å². The van der Waals surface area contributed by atoms with Gasteiger partial charge in [-0.3, -0.25) is 4.79 Å². The number of esters is 1. The van der Waals surface area contributed by atoms with E-state index in [9.17, 15) is 4.79 Å². The van der Waals surface area contributed by atoms with Crippen LogP contribution in [-0.4, -0.2) is 21.7 Å². The van der Waals surface area contributed by atoms with Gasteiger partial charge in [0.15, 0.2) is 0 Å². The van der Waals surface area contributed by atoms with Crippen LogP contribution in [0.1, 0.15) is 13.3 Å². The molecule has 0 bridgehead atoms.